The first-order valence-corrected chi connectivity index (χ1v) is 9.29. The van der Waals surface area contributed by atoms with Crippen molar-refractivity contribution >= 4 is 5.78 Å². The lowest BCUT2D eigenvalue weighted by atomic mass is 9.46. The Labute approximate surface area is 138 Å². The molecule has 23 heavy (non-hydrogen) atoms. The van der Waals surface area contributed by atoms with Crippen molar-refractivity contribution in [2.75, 3.05) is 0 Å². The molecule has 3 heteroatoms. The summed E-state index contributed by atoms with van der Waals surface area (Å²) in [7, 11) is 0. The molecule has 0 heterocycles. The maximum Gasteiger partial charge on any atom is 0.155 e. The van der Waals surface area contributed by atoms with Crippen molar-refractivity contribution in [3.05, 3.63) is 11.6 Å². The number of rotatable bonds is 0. The molecule has 4 aliphatic carbocycles. The second-order valence-electron chi connectivity index (χ2n) is 9.34. The van der Waals surface area contributed by atoms with Crippen molar-refractivity contribution in [3.8, 4) is 0 Å². The van der Waals surface area contributed by atoms with Crippen LogP contribution >= 0.6 is 0 Å². The second kappa shape index (κ2) is 4.68. The second-order valence-corrected chi connectivity index (χ2v) is 9.34. The van der Waals surface area contributed by atoms with Crippen LogP contribution in [0.5, 0.6) is 0 Å². The third-order valence-electron chi connectivity index (χ3n) is 8.42. The van der Waals surface area contributed by atoms with E-state index in [4.69, 9.17) is 0 Å². The number of allylic oxidation sites excluding steroid dienone is 1. The van der Waals surface area contributed by atoms with Crippen molar-refractivity contribution in [1.29, 1.82) is 0 Å². The molecule has 128 valence electrons. The zero-order valence-corrected chi connectivity index (χ0v) is 14.6. The van der Waals surface area contributed by atoms with E-state index >= 15 is 4.39 Å². The zero-order chi connectivity index (χ0) is 16.6. The minimum Gasteiger partial charge on any atom is -0.390 e. The summed E-state index contributed by atoms with van der Waals surface area (Å²) in [6.45, 7) is 6.23. The largest absolute Gasteiger partial charge is 0.390 e. The van der Waals surface area contributed by atoms with E-state index in [0.717, 1.165) is 32.1 Å². The fourth-order valence-electron chi connectivity index (χ4n) is 6.84. The Bertz CT molecular complexity index is 580. The molecule has 0 spiro atoms. The Balaban J connectivity index is 1.75. The molecule has 1 N–H and O–H groups in total. The van der Waals surface area contributed by atoms with Gasteiger partial charge in [-0.2, -0.15) is 0 Å². The van der Waals surface area contributed by atoms with Crippen molar-refractivity contribution in [2.24, 2.45) is 28.6 Å². The van der Waals surface area contributed by atoms with Crippen LogP contribution in [-0.4, -0.2) is 22.7 Å². The fraction of sp³-hybridized carbons (Fsp3) is 0.850. The molecular weight excluding hydrogens is 291 g/mol. The van der Waals surface area contributed by atoms with Gasteiger partial charge in [-0.25, -0.2) is 4.39 Å². The van der Waals surface area contributed by atoms with Gasteiger partial charge >= 0.3 is 0 Å². The van der Waals surface area contributed by atoms with E-state index in [-0.39, 0.29) is 22.5 Å². The van der Waals surface area contributed by atoms with Crippen LogP contribution in [-0.2, 0) is 4.79 Å². The number of hydrogen-bond acceptors (Lipinski definition) is 2. The first kappa shape index (κ1) is 15.8. The van der Waals surface area contributed by atoms with Crippen molar-refractivity contribution in [2.45, 2.75) is 77.5 Å². The maximum absolute atomic E-state index is 15.4. The highest BCUT2D eigenvalue weighted by molar-refractivity contribution is 5.91. The van der Waals surface area contributed by atoms with Gasteiger partial charge in [0.2, 0.25) is 0 Å². The minimum atomic E-state index is -0.868. The van der Waals surface area contributed by atoms with E-state index in [9.17, 15) is 9.90 Å². The molecule has 4 aliphatic rings. The molecule has 0 aliphatic heterocycles. The molecule has 0 saturated heterocycles. The van der Waals surface area contributed by atoms with Gasteiger partial charge in [0.05, 0.1) is 5.60 Å². The average molecular weight is 320 g/mol. The Kier molecular flexibility index (Phi) is 3.22. The smallest absolute Gasteiger partial charge is 0.155 e. The molecule has 3 fully saturated rings. The van der Waals surface area contributed by atoms with Gasteiger partial charge in [0.15, 0.2) is 5.78 Å². The van der Waals surface area contributed by atoms with Crippen LogP contribution in [0.4, 0.5) is 4.39 Å². The van der Waals surface area contributed by atoms with Gasteiger partial charge in [0.1, 0.15) is 6.17 Å². The summed E-state index contributed by atoms with van der Waals surface area (Å²) in [6, 6.07) is 0. The van der Waals surface area contributed by atoms with Crippen LogP contribution in [0.3, 0.4) is 0 Å². The van der Waals surface area contributed by atoms with Crippen LogP contribution in [0, 0.1) is 28.6 Å². The molecule has 0 amide bonds. The summed E-state index contributed by atoms with van der Waals surface area (Å²) >= 11 is 0. The summed E-state index contributed by atoms with van der Waals surface area (Å²) in [6.07, 6.45) is 6.53. The Hall–Kier alpha value is -0.700. The molecule has 7 atom stereocenters. The molecule has 4 rings (SSSR count). The van der Waals surface area contributed by atoms with Crippen LogP contribution in [0.15, 0.2) is 11.6 Å². The summed E-state index contributed by atoms with van der Waals surface area (Å²) < 4.78 is 15.4. The molecule has 0 bridgehead atoms. The molecule has 0 aromatic rings. The number of carbonyl (C=O) groups excluding carboxylic acids is 1. The number of ketones is 1. The van der Waals surface area contributed by atoms with Crippen molar-refractivity contribution < 1.29 is 14.3 Å². The molecule has 3 saturated carbocycles. The third kappa shape index (κ3) is 1.92. The average Bonchev–Trinajstić information content (AvgIpc) is 2.69. The quantitative estimate of drug-likeness (QED) is 0.725. The van der Waals surface area contributed by atoms with Gasteiger partial charge in [0.25, 0.3) is 0 Å². The number of alkyl halides is 1. The molecular formula is C20H29FO2. The number of halogens is 1. The molecule has 2 unspecified atom stereocenters. The predicted molar refractivity (Wildman–Crippen MR) is 87.6 cm³/mol. The van der Waals surface area contributed by atoms with Gasteiger partial charge in [-0.1, -0.05) is 19.4 Å². The van der Waals surface area contributed by atoms with Gasteiger partial charge < -0.3 is 5.11 Å². The minimum absolute atomic E-state index is 0.0302. The molecule has 0 aromatic heterocycles. The Morgan fingerprint density at radius 1 is 1.17 bits per heavy atom. The van der Waals surface area contributed by atoms with Crippen LogP contribution < -0.4 is 0 Å². The van der Waals surface area contributed by atoms with E-state index in [1.807, 2.05) is 13.0 Å². The lowest BCUT2D eigenvalue weighted by Gasteiger charge is -2.59. The van der Waals surface area contributed by atoms with E-state index in [2.05, 4.69) is 13.8 Å². The van der Waals surface area contributed by atoms with Gasteiger partial charge in [-0.05, 0) is 68.8 Å². The highest BCUT2D eigenvalue weighted by Gasteiger charge is 2.65. The highest BCUT2D eigenvalue weighted by atomic mass is 19.1. The van der Waals surface area contributed by atoms with Crippen molar-refractivity contribution in [3.63, 3.8) is 0 Å². The Morgan fingerprint density at radius 2 is 1.91 bits per heavy atom. The van der Waals surface area contributed by atoms with Gasteiger partial charge in [-0.3, -0.25) is 4.79 Å². The summed E-state index contributed by atoms with van der Waals surface area (Å²) in [4.78, 5) is 11.8. The predicted octanol–water partition coefficient (Wildman–Crippen LogP) is 4.22. The number of fused-ring (bicyclic) bond motifs is 5. The van der Waals surface area contributed by atoms with E-state index in [1.54, 1.807) is 0 Å². The third-order valence-corrected chi connectivity index (χ3v) is 8.42. The summed E-state index contributed by atoms with van der Waals surface area (Å²) in [5, 5.41) is 10.9. The maximum atomic E-state index is 15.4. The first-order chi connectivity index (χ1) is 10.7. The van der Waals surface area contributed by atoms with Crippen LogP contribution in [0.2, 0.25) is 0 Å². The zero-order valence-electron chi connectivity index (χ0n) is 14.6. The van der Waals surface area contributed by atoms with Gasteiger partial charge in [0, 0.05) is 17.8 Å². The number of aliphatic hydroxyl groups is 1. The first-order valence-electron chi connectivity index (χ1n) is 9.29. The van der Waals surface area contributed by atoms with Crippen LogP contribution in [0.25, 0.3) is 0 Å². The fourth-order valence-corrected chi connectivity index (χ4v) is 6.84. The summed E-state index contributed by atoms with van der Waals surface area (Å²) in [5.74, 6) is 1.02. The Morgan fingerprint density at radius 3 is 2.65 bits per heavy atom. The summed E-state index contributed by atoms with van der Waals surface area (Å²) in [5.41, 5.74) is 0.0137. The monoisotopic (exact) mass is 320 g/mol. The lowest BCUT2D eigenvalue weighted by molar-refractivity contribution is -0.148. The normalized spacial score (nSPS) is 55.7. The topological polar surface area (TPSA) is 37.3 Å². The molecule has 2 nitrogen and oxygen atoms in total. The van der Waals surface area contributed by atoms with Crippen LogP contribution in [0.1, 0.15) is 65.7 Å². The number of hydrogen-bond donors (Lipinski definition) is 1. The molecule has 0 radical (unpaired) electrons. The molecule has 0 aromatic carbocycles. The highest BCUT2D eigenvalue weighted by Crippen LogP contribution is 2.67. The lowest BCUT2D eigenvalue weighted by Crippen LogP contribution is -2.58. The van der Waals surface area contributed by atoms with E-state index < -0.39 is 11.8 Å². The van der Waals surface area contributed by atoms with Gasteiger partial charge in [-0.15, -0.1) is 0 Å². The number of carbonyl (C=O) groups is 1. The van der Waals surface area contributed by atoms with E-state index in [1.165, 1.54) is 5.57 Å². The van der Waals surface area contributed by atoms with Crippen molar-refractivity contribution in [1.82, 2.24) is 0 Å². The standard InChI is InChI=1S/C20H29FO2/c1-18-8-6-13(22)10-12(18)4-5-14-15-7-9-20(3,23)19(15,2)11-16(21)17(14)18/h10,14-17,23H,4-9,11H2,1-3H3/t14-,15-,16?,17-,18-,19-,20?/m0/s1. The SMILES string of the molecule is CC1(O)CC[C@H]2[C@@H]3CCC4=CC(=O)CC[C@]4(C)[C@@H]3C(F)C[C@@]21C. The van der Waals surface area contributed by atoms with E-state index in [0.29, 0.717) is 24.7 Å².